The van der Waals surface area contributed by atoms with E-state index in [2.05, 4.69) is 17.2 Å². The van der Waals surface area contributed by atoms with Gasteiger partial charge >= 0.3 is 0 Å². The Bertz CT molecular complexity index is 237. The topological polar surface area (TPSA) is 50.5 Å². The Hall–Kier alpha value is -0.160. The molecular weight excluding hydrogens is 226 g/mol. The number of hydrazine groups is 1. The number of nitrogens with one attached hydrogen (secondary N) is 1. The molecule has 3 N–H and O–H groups in total. The van der Waals surface area contributed by atoms with Crippen LogP contribution in [0.5, 0.6) is 0 Å². The van der Waals surface area contributed by atoms with Crippen molar-refractivity contribution in [3.63, 3.8) is 0 Å². The molecule has 3 atom stereocenters. The fourth-order valence-electron chi connectivity index (χ4n) is 3.25. The lowest BCUT2D eigenvalue weighted by atomic mass is 10.0. The van der Waals surface area contributed by atoms with Gasteiger partial charge in [-0.05, 0) is 25.8 Å². The predicted molar refractivity (Wildman–Crippen MR) is 74.2 cm³/mol. The third kappa shape index (κ3) is 3.67. The Labute approximate surface area is 111 Å². The first kappa shape index (κ1) is 14.3. The van der Waals surface area contributed by atoms with Crippen LogP contribution in [-0.2, 0) is 4.74 Å². The minimum absolute atomic E-state index is 0.283. The number of hydrogen-bond donors (Lipinski definition) is 2. The second-order valence-corrected chi connectivity index (χ2v) is 5.79. The quantitative estimate of drug-likeness (QED) is 0.413. The van der Waals surface area contributed by atoms with Gasteiger partial charge in [-0.3, -0.25) is 16.2 Å². The van der Waals surface area contributed by atoms with Crippen molar-refractivity contribution < 1.29 is 4.74 Å². The van der Waals surface area contributed by atoms with E-state index in [1.54, 1.807) is 0 Å². The van der Waals surface area contributed by atoms with Crippen molar-refractivity contribution in [3.05, 3.63) is 0 Å². The number of nitrogens with two attached hydrogens (primary N) is 1. The highest BCUT2D eigenvalue weighted by molar-refractivity contribution is 4.89. The molecule has 0 aliphatic carbocycles. The van der Waals surface area contributed by atoms with Gasteiger partial charge in [-0.2, -0.15) is 0 Å². The number of fused-ring (bicyclic) bond motifs is 1. The van der Waals surface area contributed by atoms with Crippen molar-refractivity contribution in [1.29, 1.82) is 0 Å². The van der Waals surface area contributed by atoms with E-state index in [0.717, 1.165) is 19.6 Å². The lowest BCUT2D eigenvalue weighted by Crippen LogP contribution is -2.55. The van der Waals surface area contributed by atoms with Crippen LogP contribution >= 0.6 is 0 Å². The van der Waals surface area contributed by atoms with E-state index in [1.807, 2.05) is 0 Å². The molecule has 0 spiro atoms. The van der Waals surface area contributed by atoms with Crippen LogP contribution in [0.25, 0.3) is 0 Å². The lowest BCUT2D eigenvalue weighted by Gasteiger charge is -2.38. The summed E-state index contributed by atoms with van der Waals surface area (Å²) >= 11 is 0. The van der Waals surface area contributed by atoms with Gasteiger partial charge < -0.3 is 4.74 Å². The summed E-state index contributed by atoms with van der Waals surface area (Å²) in [6, 6.07) is 1.00. The third-order valence-electron chi connectivity index (χ3n) is 4.45. The lowest BCUT2D eigenvalue weighted by molar-refractivity contribution is -0.0659. The Morgan fingerprint density at radius 3 is 3.06 bits per heavy atom. The van der Waals surface area contributed by atoms with Crippen molar-refractivity contribution in [2.24, 2.45) is 5.84 Å². The second kappa shape index (κ2) is 7.43. The summed E-state index contributed by atoms with van der Waals surface area (Å²) < 4.78 is 6.02. The van der Waals surface area contributed by atoms with Crippen LogP contribution in [0.1, 0.15) is 51.9 Å². The molecule has 0 aromatic carbocycles. The molecule has 3 unspecified atom stereocenters. The van der Waals surface area contributed by atoms with Crippen LogP contribution in [0, 0.1) is 0 Å². The molecule has 0 aromatic rings. The molecule has 4 heteroatoms. The molecule has 0 amide bonds. The number of unbranched alkanes of at least 4 members (excludes halogenated alkanes) is 3. The van der Waals surface area contributed by atoms with Crippen LogP contribution in [0.4, 0.5) is 0 Å². The zero-order chi connectivity index (χ0) is 12.8. The van der Waals surface area contributed by atoms with Crippen LogP contribution < -0.4 is 11.3 Å². The second-order valence-electron chi connectivity index (χ2n) is 5.79. The number of rotatable bonds is 7. The number of hydrogen-bond acceptors (Lipinski definition) is 4. The molecule has 2 fully saturated rings. The van der Waals surface area contributed by atoms with Crippen molar-refractivity contribution in [2.75, 3.05) is 19.7 Å². The van der Waals surface area contributed by atoms with Gasteiger partial charge in [0.25, 0.3) is 0 Å². The van der Waals surface area contributed by atoms with Crippen LogP contribution in [0.15, 0.2) is 0 Å². The Kier molecular flexibility index (Phi) is 5.89. The molecule has 106 valence electrons. The minimum Gasteiger partial charge on any atom is -0.374 e. The van der Waals surface area contributed by atoms with Gasteiger partial charge in [0.2, 0.25) is 0 Å². The number of morpholine rings is 1. The van der Waals surface area contributed by atoms with Gasteiger partial charge in [-0.15, -0.1) is 0 Å². The molecule has 2 aliphatic heterocycles. The SMILES string of the molecule is CCCCCCC(NN)C1CN2CCCC2CO1. The normalized spacial score (nSPS) is 30.3. The van der Waals surface area contributed by atoms with Crippen LogP contribution in [-0.4, -0.2) is 42.8 Å². The highest BCUT2D eigenvalue weighted by atomic mass is 16.5. The van der Waals surface area contributed by atoms with Gasteiger partial charge in [-0.1, -0.05) is 32.6 Å². The van der Waals surface area contributed by atoms with Crippen molar-refractivity contribution in [3.8, 4) is 0 Å². The highest BCUT2D eigenvalue weighted by Crippen LogP contribution is 2.24. The van der Waals surface area contributed by atoms with Crippen LogP contribution in [0.2, 0.25) is 0 Å². The third-order valence-corrected chi connectivity index (χ3v) is 4.45. The fourth-order valence-corrected chi connectivity index (χ4v) is 3.25. The molecule has 2 saturated heterocycles. The molecule has 0 saturated carbocycles. The Balaban J connectivity index is 1.73. The summed E-state index contributed by atoms with van der Waals surface area (Å²) in [7, 11) is 0. The van der Waals surface area contributed by atoms with E-state index in [9.17, 15) is 0 Å². The molecule has 0 aromatic heterocycles. The largest absolute Gasteiger partial charge is 0.374 e. The summed E-state index contributed by atoms with van der Waals surface area (Å²) in [6.45, 7) is 5.46. The summed E-state index contributed by atoms with van der Waals surface area (Å²) in [5, 5.41) is 0. The molecule has 2 rings (SSSR count). The maximum Gasteiger partial charge on any atom is 0.0868 e. The predicted octanol–water partition coefficient (Wildman–Crippen LogP) is 1.65. The molecule has 0 bridgehead atoms. The van der Waals surface area contributed by atoms with E-state index < -0.39 is 0 Å². The molecular formula is C14H29N3O. The fraction of sp³-hybridized carbons (Fsp3) is 1.00. The van der Waals surface area contributed by atoms with E-state index in [-0.39, 0.29) is 6.10 Å². The first-order chi connectivity index (χ1) is 8.85. The van der Waals surface area contributed by atoms with E-state index in [1.165, 1.54) is 45.1 Å². The molecule has 4 nitrogen and oxygen atoms in total. The summed E-state index contributed by atoms with van der Waals surface area (Å²) in [6.07, 6.45) is 9.25. The van der Waals surface area contributed by atoms with Gasteiger partial charge in [0, 0.05) is 18.6 Å². The maximum absolute atomic E-state index is 6.02. The minimum atomic E-state index is 0.283. The average Bonchev–Trinajstić information content (AvgIpc) is 2.86. The molecule has 0 radical (unpaired) electrons. The van der Waals surface area contributed by atoms with Crippen LogP contribution in [0.3, 0.4) is 0 Å². The highest BCUT2D eigenvalue weighted by Gasteiger charge is 2.35. The molecule has 2 heterocycles. The monoisotopic (exact) mass is 255 g/mol. The summed E-state index contributed by atoms with van der Waals surface area (Å²) in [5.41, 5.74) is 2.98. The van der Waals surface area contributed by atoms with Gasteiger partial charge in [0.1, 0.15) is 0 Å². The van der Waals surface area contributed by atoms with Crippen molar-refractivity contribution in [1.82, 2.24) is 10.3 Å². The van der Waals surface area contributed by atoms with Crippen molar-refractivity contribution >= 4 is 0 Å². The standard InChI is InChI=1S/C14H29N3O/c1-2-3-4-5-8-13(16-15)14-10-17-9-6-7-12(17)11-18-14/h12-14,16H,2-11,15H2,1H3. The first-order valence-electron chi connectivity index (χ1n) is 7.67. The number of nitrogens with zero attached hydrogens (tertiary/aromatic N) is 1. The Morgan fingerprint density at radius 2 is 2.28 bits per heavy atom. The zero-order valence-electron chi connectivity index (χ0n) is 11.7. The van der Waals surface area contributed by atoms with Gasteiger partial charge in [0.15, 0.2) is 0 Å². The van der Waals surface area contributed by atoms with E-state index in [0.29, 0.717) is 12.1 Å². The molecule has 2 aliphatic rings. The maximum atomic E-state index is 6.02. The average molecular weight is 255 g/mol. The Morgan fingerprint density at radius 1 is 1.39 bits per heavy atom. The first-order valence-corrected chi connectivity index (χ1v) is 7.67. The summed E-state index contributed by atoms with van der Waals surface area (Å²) in [4.78, 5) is 2.59. The van der Waals surface area contributed by atoms with Gasteiger partial charge in [-0.25, -0.2) is 0 Å². The van der Waals surface area contributed by atoms with E-state index >= 15 is 0 Å². The molecule has 18 heavy (non-hydrogen) atoms. The van der Waals surface area contributed by atoms with Gasteiger partial charge in [0.05, 0.1) is 12.7 Å². The van der Waals surface area contributed by atoms with Crippen molar-refractivity contribution in [2.45, 2.75) is 70.1 Å². The summed E-state index contributed by atoms with van der Waals surface area (Å²) in [5.74, 6) is 5.71. The number of ether oxygens (including phenoxy) is 1. The van der Waals surface area contributed by atoms with E-state index in [4.69, 9.17) is 10.6 Å². The smallest absolute Gasteiger partial charge is 0.0868 e. The zero-order valence-corrected chi connectivity index (χ0v) is 11.7.